The molecule has 1 saturated heterocycles. The number of ketones is 1. The Morgan fingerprint density at radius 1 is 1.10 bits per heavy atom. The summed E-state index contributed by atoms with van der Waals surface area (Å²) in [6.45, 7) is 8.24. The van der Waals surface area contributed by atoms with E-state index < -0.39 is 0 Å². The predicted molar refractivity (Wildman–Crippen MR) is 121 cm³/mol. The summed E-state index contributed by atoms with van der Waals surface area (Å²) in [5.74, 6) is 1.95. The van der Waals surface area contributed by atoms with Crippen molar-refractivity contribution in [2.75, 3.05) is 44.9 Å². The van der Waals surface area contributed by atoms with Crippen LogP contribution in [0.1, 0.15) is 36.2 Å². The maximum Gasteiger partial charge on any atom is 0.185 e. The number of carbonyl (C=O) groups excluding carboxylic acids is 1. The van der Waals surface area contributed by atoms with Gasteiger partial charge >= 0.3 is 0 Å². The number of allylic oxidation sites excluding steroid dienone is 1. The second-order valence-electron chi connectivity index (χ2n) is 7.79. The van der Waals surface area contributed by atoms with Gasteiger partial charge in [-0.05, 0) is 60.4 Å². The Morgan fingerprint density at radius 3 is 2.50 bits per heavy atom. The third-order valence-corrected chi connectivity index (χ3v) is 5.10. The molecule has 1 fully saturated rings. The highest BCUT2D eigenvalue weighted by molar-refractivity contribution is 6.07. The summed E-state index contributed by atoms with van der Waals surface area (Å²) in [4.78, 5) is 14.8. The molecule has 0 amide bonds. The number of methoxy groups -OCH3 is 1. The van der Waals surface area contributed by atoms with Gasteiger partial charge in [-0.1, -0.05) is 26.0 Å². The summed E-state index contributed by atoms with van der Waals surface area (Å²) in [6, 6.07) is 13.5. The van der Waals surface area contributed by atoms with E-state index >= 15 is 0 Å². The molecule has 1 heterocycles. The smallest absolute Gasteiger partial charge is 0.185 e. The molecule has 1 aliphatic heterocycles. The van der Waals surface area contributed by atoms with E-state index in [4.69, 9.17) is 14.2 Å². The fraction of sp³-hybridized carbons (Fsp3) is 0.400. The van der Waals surface area contributed by atoms with E-state index in [1.54, 1.807) is 19.3 Å². The molecular formula is C25H31NO4. The first-order valence-electron chi connectivity index (χ1n) is 10.5. The lowest BCUT2D eigenvalue weighted by molar-refractivity contribution is 0.104. The summed E-state index contributed by atoms with van der Waals surface area (Å²) in [5.41, 5.74) is 2.68. The van der Waals surface area contributed by atoms with Crippen molar-refractivity contribution < 1.29 is 19.0 Å². The molecule has 0 N–H and O–H groups in total. The Bertz CT molecular complexity index is 852. The Balaban J connectivity index is 1.62. The van der Waals surface area contributed by atoms with Gasteiger partial charge < -0.3 is 19.1 Å². The highest BCUT2D eigenvalue weighted by Gasteiger charge is 2.12. The number of nitrogens with zero attached hydrogens (tertiary/aromatic N) is 1. The molecule has 0 spiro atoms. The van der Waals surface area contributed by atoms with E-state index in [-0.39, 0.29) is 5.78 Å². The standard InChI is InChI=1S/C25H31NO4/c1-19(2)12-15-30-24-11-5-20(18-25(24)28-3)4-10-23(27)21-6-8-22(9-7-21)26-13-16-29-17-14-26/h4-11,18-19H,12-17H2,1-3H3/b10-4+. The lowest BCUT2D eigenvalue weighted by Crippen LogP contribution is -2.36. The third-order valence-electron chi connectivity index (χ3n) is 5.10. The van der Waals surface area contributed by atoms with Gasteiger partial charge in [-0.25, -0.2) is 0 Å². The molecule has 5 heteroatoms. The first-order valence-corrected chi connectivity index (χ1v) is 10.5. The molecule has 0 radical (unpaired) electrons. The minimum Gasteiger partial charge on any atom is -0.493 e. The van der Waals surface area contributed by atoms with E-state index in [2.05, 4.69) is 18.7 Å². The Hall–Kier alpha value is -2.79. The monoisotopic (exact) mass is 409 g/mol. The van der Waals surface area contributed by atoms with Crippen LogP contribution in [0.2, 0.25) is 0 Å². The molecule has 160 valence electrons. The van der Waals surface area contributed by atoms with E-state index in [9.17, 15) is 4.79 Å². The second kappa shape index (κ2) is 10.8. The van der Waals surface area contributed by atoms with Crippen LogP contribution in [-0.2, 0) is 4.74 Å². The van der Waals surface area contributed by atoms with Crippen LogP contribution in [0.25, 0.3) is 6.08 Å². The van der Waals surface area contributed by atoms with E-state index in [1.165, 1.54) is 0 Å². The van der Waals surface area contributed by atoms with Crippen molar-refractivity contribution in [2.24, 2.45) is 5.92 Å². The van der Waals surface area contributed by atoms with Gasteiger partial charge in [0.2, 0.25) is 0 Å². The van der Waals surface area contributed by atoms with Gasteiger partial charge in [-0.2, -0.15) is 0 Å². The van der Waals surface area contributed by atoms with Crippen molar-refractivity contribution in [1.82, 2.24) is 0 Å². The van der Waals surface area contributed by atoms with Gasteiger partial charge in [0, 0.05) is 24.3 Å². The number of anilines is 1. The molecule has 2 aromatic rings. The number of hydrogen-bond acceptors (Lipinski definition) is 5. The number of morpholine rings is 1. The number of benzene rings is 2. The zero-order chi connectivity index (χ0) is 21.3. The van der Waals surface area contributed by atoms with Gasteiger partial charge in [0.15, 0.2) is 17.3 Å². The zero-order valence-electron chi connectivity index (χ0n) is 18.1. The van der Waals surface area contributed by atoms with Crippen LogP contribution in [0.4, 0.5) is 5.69 Å². The van der Waals surface area contributed by atoms with Crippen molar-refractivity contribution in [3.8, 4) is 11.5 Å². The summed E-state index contributed by atoms with van der Waals surface area (Å²) in [7, 11) is 1.62. The van der Waals surface area contributed by atoms with Gasteiger partial charge in [0.1, 0.15) is 0 Å². The molecule has 5 nitrogen and oxygen atoms in total. The molecule has 0 aromatic heterocycles. The largest absolute Gasteiger partial charge is 0.493 e. The first kappa shape index (κ1) is 21.9. The number of hydrogen-bond donors (Lipinski definition) is 0. The fourth-order valence-corrected chi connectivity index (χ4v) is 3.24. The van der Waals surface area contributed by atoms with Crippen molar-refractivity contribution in [3.05, 3.63) is 59.7 Å². The molecule has 0 saturated carbocycles. The molecule has 0 aliphatic carbocycles. The van der Waals surface area contributed by atoms with Crippen LogP contribution >= 0.6 is 0 Å². The van der Waals surface area contributed by atoms with E-state index in [0.29, 0.717) is 23.8 Å². The van der Waals surface area contributed by atoms with E-state index in [0.717, 1.165) is 49.7 Å². The predicted octanol–water partition coefficient (Wildman–Crippen LogP) is 4.85. The van der Waals surface area contributed by atoms with Crippen LogP contribution in [0.3, 0.4) is 0 Å². The molecule has 0 atom stereocenters. The van der Waals surface area contributed by atoms with Crippen LogP contribution in [0.15, 0.2) is 48.5 Å². The summed E-state index contributed by atoms with van der Waals surface area (Å²) in [5, 5.41) is 0. The van der Waals surface area contributed by atoms with Gasteiger partial charge in [0.25, 0.3) is 0 Å². The molecule has 1 aliphatic rings. The normalized spacial score (nSPS) is 14.3. The maximum atomic E-state index is 12.6. The van der Waals surface area contributed by atoms with Crippen molar-refractivity contribution in [3.63, 3.8) is 0 Å². The number of ether oxygens (including phenoxy) is 3. The highest BCUT2D eigenvalue weighted by atomic mass is 16.5. The number of carbonyl (C=O) groups is 1. The summed E-state index contributed by atoms with van der Waals surface area (Å²) in [6.07, 6.45) is 4.39. The fourth-order valence-electron chi connectivity index (χ4n) is 3.24. The molecule has 2 aromatic carbocycles. The van der Waals surface area contributed by atoms with Crippen LogP contribution in [0, 0.1) is 5.92 Å². The maximum absolute atomic E-state index is 12.6. The second-order valence-corrected chi connectivity index (χ2v) is 7.79. The summed E-state index contributed by atoms with van der Waals surface area (Å²) >= 11 is 0. The van der Waals surface area contributed by atoms with Gasteiger partial charge in [0.05, 0.1) is 26.9 Å². The van der Waals surface area contributed by atoms with E-state index in [1.807, 2.05) is 42.5 Å². The minimum atomic E-state index is -0.0280. The first-order chi connectivity index (χ1) is 14.6. The zero-order valence-corrected chi connectivity index (χ0v) is 18.1. The lowest BCUT2D eigenvalue weighted by Gasteiger charge is -2.28. The third kappa shape index (κ3) is 6.10. The average Bonchev–Trinajstić information content (AvgIpc) is 2.78. The Morgan fingerprint density at radius 2 is 1.83 bits per heavy atom. The molecular weight excluding hydrogens is 378 g/mol. The summed E-state index contributed by atoms with van der Waals surface area (Å²) < 4.78 is 16.7. The van der Waals surface area contributed by atoms with Crippen LogP contribution in [0.5, 0.6) is 11.5 Å². The molecule has 3 rings (SSSR count). The minimum absolute atomic E-state index is 0.0280. The molecule has 0 bridgehead atoms. The number of rotatable bonds is 9. The topological polar surface area (TPSA) is 48.0 Å². The lowest BCUT2D eigenvalue weighted by atomic mass is 10.1. The average molecular weight is 410 g/mol. The highest BCUT2D eigenvalue weighted by Crippen LogP contribution is 2.29. The van der Waals surface area contributed by atoms with Crippen LogP contribution in [-0.4, -0.2) is 45.8 Å². The van der Waals surface area contributed by atoms with Crippen molar-refractivity contribution >= 4 is 17.5 Å². The van der Waals surface area contributed by atoms with Crippen molar-refractivity contribution in [2.45, 2.75) is 20.3 Å². The van der Waals surface area contributed by atoms with Gasteiger partial charge in [-0.3, -0.25) is 4.79 Å². The molecule has 0 unspecified atom stereocenters. The van der Waals surface area contributed by atoms with Gasteiger partial charge in [-0.15, -0.1) is 0 Å². The SMILES string of the molecule is COc1cc(/C=C/C(=O)c2ccc(N3CCOCC3)cc2)ccc1OCCC(C)C. The van der Waals surface area contributed by atoms with Crippen molar-refractivity contribution in [1.29, 1.82) is 0 Å². The Labute approximate surface area is 179 Å². The van der Waals surface area contributed by atoms with Crippen LogP contribution < -0.4 is 14.4 Å². The molecule has 30 heavy (non-hydrogen) atoms. The Kier molecular flexibility index (Phi) is 7.91. The quantitative estimate of drug-likeness (QED) is 0.438.